The van der Waals surface area contributed by atoms with Crippen molar-refractivity contribution in [3.8, 4) is 0 Å². The molecule has 0 amide bonds. The van der Waals surface area contributed by atoms with E-state index in [-0.39, 0.29) is 5.56 Å². The Labute approximate surface area is 165 Å². The third kappa shape index (κ3) is 4.83. The molecule has 122 valence electrons. The van der Waals surface area contributed by atoms with Gasteiger partial charge >= 0.3 is 17.9 Å². The maximum atomic E-state index is 13.5. The fourth-order valence-corrected chi connectivity index (χ4v) is 3.84. The van der Waals surface area contributed by atoms with Crippen LogP contribution in [0.5, 0.6) is 0 Å². The minimum atomic E-state index is -4.28. The van der Waals surface area contributed by atoms with Gasteiger partial charge in [-0.1, -0.05) is 0 Å². The summed E-state index contributed by atoms with van der Waals surface area (Å²) in [6.45, 7) is -0.734. The molecule has 0 spiro atoms. The second kappa shape index (κ2) is 8.32. The fraction of sp³-hybridized carbons (Fsp3) is 0.333. The van der Waals surface area contributed by atoms with E-state index in [0.29, 0.717) is 7.14 Å². The van der Waals surface area contributed by atoms with Gasteiger partial charge in [-0.15, -0.1) is 0 Å². The highest BCUT2D eigenvalue weighted by Gasteiger charge is 2.50. The summed E-state index contributed by atoms with van der Waals surface area (Å²) in [6, 6.07) is 3.25. The molecule has 1 atom stereocenters. The molecule has 0 fully saturated rings. The zero-order valence-electron chi connectivity index (χ0n) is 10.7. The number of carbonyl (C=O) groups is 2. The van der Waals surface area contributed by atoms with E-state index in [1.54, 1.807) is 6.07 Å². The highest BCUT2D eigenvalue weighted by molar-refractivity contribution is 14.1. The quantitative estimate of drug-likeness (QED) is 0.281. The molecule has 0 aliphatic carbocycles. The van der Waals surface area contributed by atoms with Crippen molar-refractivity contribution >= 4 is 79.7 Å². The second-order valence-electron chi connectivity index (χ2n) is 4.08. The summed E-state index contributed by atoms with van der Waals surface area (Å²) < 4.78 is 33.7. The molecular formula is C12H9F2I3O5. The molecule has 0 heterocycles. The molecule has 0 radical (unpaired) electrons. The third-order valence-corrected chi connectivity index (χ3v) is 6.21. The van der Waals surface area contributed by atoms with Gasteiger partial charge < -0.3 is 14.9 Å². The van der Waals surface area contributed by atoms with E-state index < -0.39 is 37.0 Å². The van der Waals surface area contributed by atoms with Crippen molar-refractivity contribution in [2.45, 2.75) is 18.4 Å². The topological polar surface area (TPSA) is 83.8 Å². The van der Waals surface area contributed by atoms with Gasteiger partial charge in [0, 0.05) is 23.7 Å². The number of aliphatic hydroxyl groups excluding tert-OH is 1. The number of hydrogen-bond acceptors (Lipinski definition) is 4. The lowest BCUT2D eigenvalue weighted by atomic mass is 10.1. The number of halogens is 5. The van der Waals surface area contributed by atoms with Gasteiger partial charge in [-0.05, 0) is 79.9 Å². The van der Waals surface area contributed by atoms with Gasteiger partial charge in [0.1, 0.15) is 0 Å². The van der Waals surface area contributed by atoms with Gasteiger partial charge in [0.2, 0.25) is 0 Å². The van der Waals surface area contributed by atoms with Crippen LogP contribution in [0.3, 0.4) is 0 Å². The van der Waals surface area contributed by atoms with E-state index >= 15 is 0 Å². The number of carboxylic acid groups (broad SMARTS) is 1. The Balaban J connectivity index is 3.10. The van der Waals surface area contributed by atoms with Gasteiger partial charge in [-0.25, -0.2) is 9.59 Å². The van der Waals surface area contributed by atoms with E-state index in [2.05, 4.69) is 4.74 Å². The zero-order chi connectivity index (χ0) is 17.1. The zero-order valence-corrected chi connectivity index (χ0v) is 17.1. The number of carboxylic acids is 1. The summed E-state index contributed by atoms with van der Waals surface area (Å²) in [5.74, 6) is -7.75. The second-order valence-corrected chi connectivity index (χ2v) is 7.57. The Hall–Kier alpha value is 0.170. The van der Waals surface area contributed by atoms with Crippen LogP contribution in [0.15, 0.2) is 12.1 Å². The normalized spacial score (nSPS) is 12.8. The summed E-state index contributed by atoms with van der Waals surface area (Å²) in [6.07, 6.45) is -2.92. The van der Waals surface area contributed by atoms with Crippen LogP contribution in [0.4, 0.5) is 8.78 Å². The van der Waals surface area contributed by atoms with Crippen LogP contribution in [0.1, 0.15) is 16.8 Å². The first kappa shape index (κ1) is 20.2. The van der Waals surface area contributed by atoms with Crippen LogP contribution in [0, 0.1) is 10.7 Å². The van der Waals surface area contributed by atoms with Crippen molar-refractivity contribution in [2.75, 3.05) is 6.61 Å². The molecule has 2 N–H and O–H groups in total. The summed E-state index contributed by atoms with van der Waals surface area (Å²) >= 11 is 5.82. The van der Waals surface area contributed by atoms with Crippen molar-refractivity contribution in [3.05, 3.63) is 28.4 Å². The molecule has 0 saturated heterocycles. The summed E-state index contributed by atoms with van der Waals surface area (Å²) in [5.41, 5.74) is 0.0704. The van der Waals surface area contributed by atoms with E-state index in [1.807, 2.05) is 67.8 Å². The van der Waals surface area contributed by atoms with Crippen molar-refractivity contribution < 1.29 is 33.3 Å². The monoisotopic (exact) mass is 652 g/mol. The third-order valence-electron chi connectivity index (χ3n) is 2.54. The predicted molar refractivity (Wildman–Crippen MR) is 98.1 cm³/mol. The first-order valence-corrected chi connectivity index (χ1v) is 8.92. The molecule has 0 saturated carbocycles. The van der Waals surface area contributed by atoms with Crippen LogP contribution in [0.2, 0.25) is 0 Å². The van der Waals surface area contributed by atoms with Crippen molar-refractivity contribution in [3.63, 3.8) is 0 Å². The summed E-state index contributed by atoms with van der Waals surface area (Å²) in [4.78, 5) is 22.7. The first-order chi connectivity index (χ1) is 10.1. The Bertz CT molecular complexity index is 594. The number of aliphatic carboxylic acids is 1. The molecule has 1 unspecified atom stereocenters. The highest BCUT2D eigenvalue weighted by Crippen LogP contribution is 2.28. The average molecular weight is 652 g/mol. The number of hydrogen-bond donors (Lipinski definition) is 2. The van der Waals surface area contributed by atoms with Crippen molar-refractivity contribution in [1.82, 2.24) is 0 Å². The molecular weight excluding hydrogens is 643 g/mol. The van der Waals surface area contributed by atoms with Gasteiger partial charge in [0.15, 0.2) is 6.10 Å². The van der Waals surface area contributed by atoms with Gasteiger partial charge in [-0.3, -0.25) is 0 Å². The number of carbonyl (C=O) groups excluding carboxylic acids is 1. The van der Waals surface area contributed by atoms with E-state index in [1.165, 1.54) is 6.07 Å². The number of rotatable bonds is 6. The first-order valence-electron chi connectivity index (χ1n) is 5.68. The van der Waals surface area contributed by atoms with Gasteiger partial charge in [0.05, 0.1) is 5.56 Å². The van der Waals surface area contributed by atoms with Crippen molar-refractivity contribution in [2.24, 2.45) is 0 Å². The molecule has 0 aromatic heterocycles. The lowest BCUT2D eigenvalue weighted by molar-refractivity contribution is -0.183. The summed E-state index contributed by atoms with van der Waals surface area (Å²) in [7, 11) is 0. The van der Waals surface area contributed by atoms with Crippen LogP contribution in [0.25, 0.3) is 0 Å². The Morgan fingerprint density at radius 1 is 1.27 bits per heavy atom. The van der Waals surface area contributed by atoms with E-state index in [9.17, 15) is 18.4 Å². The van der Waals surface area contributed by atoms with Crippen LogP contribution >= 0.6 is 67.8 Å². The standard InChI is InChI=1S/C12H9F2I3O5/c13-12(14,11(20)21)8(1-2-18)22-10(19)6-3-5(15)4-7(16)9(6)17/h3-4,8,18H,1-2H2,(H,20,21). The smallest absolute Gasteiger partial charge is 0.378 e. The van der Waals surface area contributed by atoms with Crippen LogP contribution in [-0.2, 0) is 9.53 Å². The molecule has 1 aromatic carbocycles. The largest absolute Gasteiger partial charge is 0.477 e. The highest BCUT2D eigenvalue weighted by atomic mass is 127. The average Bonchev–Trinajstić information content (AvgIpc) is 2.41. The number of alkyl halides is 2. The molecule has 0 bridgehead atoms. The molecule has 1 rings (SSSR count). The lowest BCUT2D eigenvalue weighted by Gasteiger charge is -2.23. The molecule has 1 aromatic rings. The summed E-state index contributed by atoms with van der Waals surface area (Å²) in [5, 5.41) is 17.3. The maximum Gasteiger partial charge on any atom is 0.378 e. The fourth-order valence-electron chi connectivity index (χ4n) is 1.47. The van der Waals surface area contributed by atoms with Crippen LogP contribution < -0.4 is 0 Å². The predicted octanol–water partition coefficient (Wildman–Crippen LogP) is 3.13. The number of benzene rings is 1. The van der Waals surface area contributed by atoms with Gasteiger partial charge in [-0.2, -0.15) is 8.78 Å². The number of ether oxygens (including phenoxy) is 1. The minimum Gasteiger partial charge on any atom is -0.477 e. The number of aliphatic hydroxyl groups is 1. The Morgan fingerprint density at radius 3 is 2.36 bits per heavy atom. The molecule has 22 heavy (non-hydrogen) atoms. The lowest BCUT2D eigenvalue weighted by Crippen LogP contribution is -2.44. The molecule has 0 aliphatic heterocycles. The number of esters is 1. The molecule has 0 aliphatic rings. The minimum absolute atomic E-state index is 0.0704. The van der Waals surface area contributed by atoms with E-state index in [0.717, 1.165) is 3.57 Å². The van der Waals surface area contributed by atoms with Gasteiger partial charge in [0.25, 0.3) is 0 Å². The Kier molecular flexibility index (Phi) is 7.65. The SMILES string of the molecule is O=C(OC(CCO)C(F)(F)C(=O)O)c1cc(I)cc(I)c1I. The van der Waals surface area contributed by atoms with Crippen LogP contribution in [-0.4, -0.2) is 40.8 Å². The Morgan fingerprint density at radius 2 is 1.86 bits per heavy atom. The van der Waals surface area contributed by atoms with Crippen molar-refractivity contribution in [1.29, 1.82) is 0 Å². The maximum absolute atomic E-state index is 13.5. The molecule has 10 heteroatoms. The van der Waals surface area contributed by atoms with E-state index in [4.69, 9.17) is 10.2 Å². The molecule has 5 nitrogen and oxygen atoms in total.